The summed E-state index contributed by atoms with van der Waals surface area (Å²) in [5.41, 5.74) is 1.29. The third-order valence-electron chi connectivity index (χ3n) is 4.07. The standard InChI is InChI=1S/C18H24N4O2/c1-23-16-6-2-4-15(12-16)5-3-7-19-17-13-18(21-14-20-17)22-8-10-24-11-9-22/h2,4,6,12-14H,3,5,7-11H2,1H3,(H,19,20,21). The average Bonchev–Trinajstić information content (AvgIpc) is 2.66. The fraction of sp³-hybridized carbons (Fsp3) is 0.444. The van der Waals surface area contributed by atoms with Gasteiger partial charge in [0.2, 0.25) is 0 Å². The number of morpholine rings is 1. The van der Waals surface area contributed by atoms with Crippen LogP contribution in [0.3, 0.4) is 0 Å². The molecule has 2 aromatic rings. The van der Waals surface area contributed by atoms with E-state index in [0.717, 1.165) is 63.1 Å². The van der Waals surface area contributed by atoms with E-state index in [-0.39, 0.29) is 0 Å². The number of ether oxygens (including phenoxy) is 2. The third kappa shape index (κ3) is 4.58. The Bertz CT molecular complexity index is 644. The van der Waals surface area contributed by atoms with Gasteiger partial charge in [-0.05, 0) is 30.5 Å². The predicted molar refractivity (Wildman–Crippen MR) is 94.9 cm³/mol. The minimum Gasteiger partial charge on any atom is -0.497 e. The second-order valence-electron chi connectivity index (χ2n) is 5.74. The molecule has 0 bridgehead atoms. The quantitative estimate of drug-likeness (QED) is 0.788. The molecule has 1 fully saturated rings. The van der Waals surface area contributed by atoms with Crippen molar-refractivity contribution >= 4 is 11.6 Å². The number of nitrogens with zero attached hydrogens (tertiary/aromatic N) is 3. The third-order valence-corrected chi connectivity index (χ3v) is 4.07. The number of methoxy groups -OCH3 is 1. The highest BCUT2D eigenvalue weighted by Gasteiger charge is 2.12. The highest BCUT2D eigenvalue weighted by molar-refractivity contribution is 5.48. The number of aryl methyl sites for hydroxylation is 1. The van der Waals surface area contributed by atoms with Crippen LogP contribution in [0.5, 0.6) is 5.75 Å². The molecule has 128 valence electrons. The summed E-state index contributed by atoms with van der Waals surface area (Å²) in [6.45, 7) is 4.15. The molecule has 0 unspecified atom stereocenters. The molecule has 0 atom stereocenters. The van der Waals surface area contributed by atoms with Gasteiger partial charge in [0.15, 0.2) is 0 Å². The molecular formula is C18H24N4O2. The lowest BCUT2D eigenvalue weighted by molar-refractivity contribution is 0.122. The maximum Gasteiger partial charge on any atom is 0.134 e. The Morgan fingerprint density at radius 3 is 2.92 bits per heavy atom. The first kappa shape index (κ1) is 16.5. The van der Waals surface area contributed by atoms with E-state index >= 15 is 0 Å². The van der Waals surface area contributed by atoms with Crippen molar-refractivity contribution < 1.29 is 9.47 Å². The minimum atomic E-state index is 0.757. The van der Waals surface area contributed by atoms with E-state index in [1.807, 2.05) is 18.2 Å². The van der Waals surface area contributed by atoms with Gasteiger partial charge in [-0.3, -0.25) is 0 Å². The molecule has 6 nitrogen and oxygen atoms in total. The first-order chi connectivity index (χ1) is 11.8. The predicted octanol–water partition coefficient (Wildman–Crippen LogP) is 2.37. The van der Waals surface area contributed by atoms with E-state index in [1.165, 1.54) is 5.56 Å². The van der Waals surface area contributed by atoms with Crippen LogP contribution < -0.4 is 15.0 Å². The largest absolute Gasteiger partial charge is 0.497 e. The molecule has 3 rings (SSSR count). The van der Waals surface area contributed by atoms with Gasteiger partial charge < -0.3 is 19.7 Å². The van der Waals surface area contributed by atoms with Crippen molar-refractivity contribution in [1.82, 2.24) is 9.97 Å². The summed E-state index contributed by atoms with van der Waals surface area (Å²) >= 11 is 0. The smallest absolute Gasteiger partial charge is 0.134 e. The van der Waals surface area contributed by atoms with E-state index in [9.17, 15) is 0 Å². The SMILES string of the molecule is COc1cccc(CCCNc2cc(N3CCOCC3)ncn2)c1. The van der Waals surface area contributed by atoms with Gasteiger partial charge in [-0.25, -0.2) is 9.97 Å². The van der Waals surface area contributed by atoms with Gasteiger partial charge in [-0.1, -0.05) is 12.1 Å². The first-order valence-electron chi connectivity index (χ1n) is 8.37. The van der Waals surface area contributed by atoms with Gasteiger partial charge in [0.1, 0.15) is 23.7 Å². The van der Waals surface area contributed by atoms with Gasteiger partial charge in [0, 0.05) is 25.7 Å². The van der Waals surface area contributed by atoms with Crippen molar-refractivity contribution in [3.8, 4) is 5.75 Å². The zero-order valence-electron chi connectivity index (χ0n) is 14.1. The number of rotatable bonds is 7. The summed E-state index contributed by atoms with van der Waals surface area (Å²) < 4.78 is 10.6. The molecule has 24 heavy (non-hydrogen) atoms. The van der Waals surface area contributed by atoms with E-state index < -0.39 is 0 Å². The summed E-state index contributed by atoms with van der Waals surface area (Å²) in [7, 11) is 1.70. The van der Waals surface area contributed by atoms with E-state index in [1.54, 1.807) is 13.4 Å². The van der Waals surface area contributed by atoms with Gasteiger partial charge in [0.05, 0.1) is 20.3 Å². The average molecular weight is 328 g/mol. The minimum absolute atomic E-state index is 0.757. The van der Waals surface area contributed by atoms with E-state index in [0.29, 0.717) is 0 Å². The van der Waals surface area contributed by atoms with Crippen LogP contribution in [0.15, 0.2) is 36.7 Å². The molecule has 1 N–H and O–H groups in total. The maximum absolute atomic E-state index is 5.38. The second kappa shape index (κ2) is 8.49. The Morgan fingerprint density at radius 1 is 1.21 bits per heavy atom. The molecule has 2 heterocycles. The number of anilines is 2. The van der Waals surface area contributed by atoms with Crippen LogP contribution in [0.25, 0.3) is 0 Å². The van der Waals surface area contributed by atoms with E-state index in [4.69, 9.17) is 9.47 Å². The topological polar surface area (TPSA) is 59.5 Å². The van der Waals surface area contributed by atoms with Gasteiger partial charge in [-0.2, -0.15) is 0 Å². The molecule has 0 saturated carbocycles. The first-order valence-corrected chi connectivity index (χ1v) is 8.37. The van der Waals surface area contributed by atoms with Crippen molar-refractivity contribution in [1.29, 1.82) is 0 Å². The molecular weight excluding hydrogens is 304 g/mol. The Labute approximate surface area is 142 Å². The molecule has 6 heteroatoms. The molecule has 1 aromatic carbocycles. The molecule has 1 aromatic heterocycles. The van der Waals surface area contributed by atoms with Crippen LogP contribution in [-0.4, -0.2) is 49.9 Å². The number of benzene rings is 1. The summed E-state index contributed by atoms with van der Waals surface area (Å²) in [6, 6.07) is 10.2. The van der Waals surface area contributed by atoms with Crippen LogP contribution in [-0.2, 0) is 11.2 Å². The summed E-state index contributed by atoms with van der Waals surface area (Å²) in [5.74, 6) is 2.74. The van der Waals surface area contributed by atoms with Crippen LogP contribution in [0, 0.1) is 0 Å². The molecule has 1 aliphatic rings. The fourth-order valence-corrected chi connectivity index (χ4v) is 2.75. The van der Waals surface area contributed by atoms with Gasteiger partial charge >= 0.3 is 0 Å². The zero-order chi connectivity index (χ0) is 16.6. The number of hydrogen-bond acceptors (Lipinski definition) is 6. The monoisotopic (exact) mass is 328 g/mol. The van der Waals surface area contributed by atoms with Gasteiger partial charge in [-0.15, -0.1) is 0 Å². The fourth-order valence-electron chi connectivity index (χ4n) is 2.75. The Balaban J connectivity index is 1.47. The van der Waals surface area contributed by atoms with Crippen molar-refractivity contribution in [3.63, 3.8) is 0 Å². The number of nitrogens with one attached hydrogen (secondary N) is 1. The summed E-state index contributed by atoms with van der Waals surface area (Å²) in [5, 5.41) is 3.38. The Kier molecular flexibility index (Phi) is 5.85. The second-order valence-corrected chi connectivity index (χ2v) is 5.74. The van der Waals surface area contributed by atoms with Crippen molar-refractivity contribution in [2.75, 3.05) is 50.2 Å². The maximum atomic E-state index is 5.38. The van der Waals surface area contributed by atoms with E-state index in [2.05, 4.69) is 32.3 Å². The Morgan fingerprint density at radius 2 is 2.08 bits per heavy atom. The van der Waals surface area contributed by atoms with Crippen molar-refractivity contribution in [2.24, 2.45) is 0 Å². The molecule has 0 radical (unpaired) electrons. The highest BCUT2D eigenvalue weighted by atomic mass is 16.5. The van der Waals surface area contributed by atoms with Crippen molar-refractivity contribution in [2.45, 2.75) is 12.8 Å². The van der Waals surface area contributed by atoms with Crippen LogP contribution >= 0.6 is 0 Å². The molecule has 0 aliphatic carbocycles. The molecule has 0 amide bonds. The normalized spacial score (nSPS) is 14.5. The number of hydrogen-bond donors (Lipinski definition) is 1. The van der Waals surface area contributed by atoms with Crippen molar-refractivity contribution in [3.05, 3.63) is 42.2 Å². The zero-order valence-corrected chi connectivity index (χ0v) is 14.1. The van der Waals surface area contributed by atoms with Crippen LogP contribution in [0.1, 0.15) is 12.0 Å². The molecule has 1 aliphatic heterocycles. The Hall–Kier alpha value is -2.34. The number of aromatic nitrogens is 2. The highest BCUT2D eigenvalue weighted by Crippen LogP contribution is 2.16. The molecule has 1 saturated heterocycles. The van der Waals surface area contributed by atoms with Crippen LogP contribution in [0.2, 0.25) is 0 Å². The lowest BCUT2D eigenvalue weighted by Crippen LogP contribution is -2.36. The summed E-state index contributed by atoms with van der Waals surface area (Å²) in [4.78, 5) is 10.9. The van der Waals surface area contributed by atoms with Gasteiger partial charge in [0.25, 0.3) is 0 Å². The summed E-state index contributed by atoms with van der Waals surface area (Å²) in [6.07, 6.45) is 3.66. The lowest BCUT2D eigenvalue weighted by Gasteiger charge is -2.27. The van der Waals surface area contributed by atoms with Crippen LogP contribution in [0.4, 0.5) is 11.6 Å². The lowest BCUT2D eigenvalue weighted by atomic mass is 10.1. The molecule has 0 spiro atoms.